The van der Waals surface area contributed by atoms with E-state index in [1.807, 2.05) is 56.3 Å². The zero-order valence-electron chi connectivity index (χ0n) is 13.9. The van der Waals surface area contributed by atoms with Crippen molar-refractivity contribution in [2.75, 3.05) is 20.3 Å². The summed E-state index contributed by atoms with van der Waals surface area (Å²) in [6.45, 7) is 4.69. The maximum atomic E-state index is 11.8. The molecule has 0 heterocycles. The SMILES string of the molecule is COc1ccc(CCNC(=O)COc2ccc(C)c(C)c2)cc1. The number of hydrogen-bond acceptors (Lipinski definition) is 3. The molecule has 1 amide bonds. The van der Waals surface area contributed by atoms with Gasteiger partial charge in [0.15, 0.2) is 6.61 Å². The number of methoxy groups -OCH3 is 1. The Morgan fingerprint density at radius 3 is 2.35 bits per heavy atom. The molecule has 0 bridgehead atoms. The van der Waals surface area contributed by atoms with Crippen LogP contribution in [-0.4, -0.2) is 26.2 Å². The molecule has 0 aliphatic rings. The molecule has 0 aliphatic heterocycles. The average Bonchev–Trinajstić information content (AvgIpc) is 2.56. The van der Waals surface area contributed by atoms with E-state index in [0.29, 0.717) is 6.54 Å². The predicted octanol–water partition coefficient (Wildman–Crippen LogP) is 3.05. The van der Waals surface area contributed by atoms with E-state index < -0.39 is 0 Å². The van der Waals surface area contributed by atoms with E-state index in [0.717, 1.165) is 29.0 Å². The number of rotatable bonds is 7. The highest BCUT2D eigenvalue weighted by Crippen LogP contribution is 2.16. The fourth-order valence-electron chi connectivity index (χ4n) is 2.14. The first-order valence-electron chi connectivity index (χ1n) is 7.68. The summed E-state index contributed by atoms with van der Waals surface area (Å²) in [6, 6.07) is 13.6. The van der Waals surface area contributed by atoms with Crippen LogP contribution in [0, 0.1) is 13.8 Å². The molecule has 122 valence electrons. The Hall–Kier alpha value is -2.49. The topological polar surface area (TPSA) is 47.6 Å². The van der Waals surface area contributed by atoms with Crippen LogP contribution in [0.15, 0.2) is 42.5 Å². The lowest BCUT2D eigenvalue weighted by molar-refractivity contribution is -0.123. The average molecular weight is 313 g/mol. The Bertz CT molecular complexity index is 650. The lowest BCUT2D eigenvalue weighted by Gasteiger charge is -2.09. The van der Waals surface area contributed by atoms with Crippen LogP contribution in [0.25, 0.3) is 0 Å². The molecule has 23 heavy (non-hydrogen) atoms. The molecule has 2 rings (SSSR count). The van der Waals surface area contributed by atoms with Crippen LogP contribution in [0.3, 0.4) is 0 Å². The van der Waals surface area contributed by atoms with E-state index in [-0.39, 0.29) is 12.5 Å². The second-order valence-electron chi connectivity index (χ2n) is 5.48. The van der Waals surface area contributed by atoms with Crippen molar-refractivity contribution in [3.05, 3.63) is 59.2 Å². The Morgan fingerprint density at radius 2 is 1.70 bits per heavy atom. The smallest absolute Gasteiger partial charge is 0.257 e. The minimum absolute atomic E-state index is 0.0329. The van der Waals surface area contributed by atoms with Gasteiger partial charge in [-0.2, -0.15) is 0 Å². The summed E-state index contributed by atoms with van der Waals surface area (Å²) in [5, 5.41) is 2.86. The van der Waals surface area contributed by atoms with E-state index in [1.54, 1.807) is 7.11 Å². The van der Waals surface area contributed by atoms with Crippen LogP contribution in [0.5, 0.6) is 11.5 Å². The van der Waals surface area contributed by atoms with Crippen LogP contribution >= 0.6 is 0 Å². The molecule has 1 N–H and O–H groups in total. The first-order valence-corrected chi connectivity index (χ1v) is 7.68. The van der Waals surface area contributed by atoms with E-state index in [4.69, 9.17) is 9.47 Å². The van der Waals surface area contributed by atoms with Gasteiger partial charge in [-0.3, -0.25) is 4.79 Å². The highest BCUT2D eigenvalue weighted by molar-refractivity contribution is 5.77. The number of benzene rings is 2. The van der Waals surface area contributed by atoms with Crippen molar-refractivity contribution in [3.63, 3.8) is 0 Å². The molecule has 0 spiro atoms. The van der Waals surface area contributed by atoms with E-state index in [1.165, 1.54) is 5.56 Å². The Morgan fingerprint density at radius 1 is 1.00 bits per heavy atom. The highest BCUT2D eigenvalue weighted by Gasteiger charge is 2.04. The molecular formula is C19H23NO3. The molecule has 0 fully saturated rings. The molecule has 0 unspecified atom stereocenters. The third-order valence-electron chi connectivity index (χ3n) is 3.74. The standard InChI is InChI=1S/C19H23NO3/c1-14-4-7-18(12-15(14)2)23-13-19(21)20-11-10-16-5-8-17(22-3)9-6-16/h4-9,12H,10-11,13H2,1-3H3,(H,20,21). The summed E-state index contributed by atoms with van der Waals surface area (Å²) in [5.41, 5.74) is 3.52. The van der Waals surface area contributed by atoms with E-state index in [2.05, 4.69) is 5.32 Å². The second kappa shape index (κ2) is 8.22. The summed E-state index contributed by atoms with van der Waals surface area (Å²) in [7, 11) is 1.64. The number of carbonyl (C=O) groups excluding carboxylic acids is 1. The fraction of sp³-hybridized carbons (Fsp3) is 0.316. The second-order valence-corrected chi connectivity index (χ2v) is 5.48. The molecule has 0 saturated heterocycles. The molecule has 4 heteroatoms. The molecule has 4 nitrogen and oxygen atoms in total. The van der Waals surface area contributed by atoms with Crippen LogP contribution in [0.4, 0.5) is 0 Å². The van der Waals surface area contributed by atoms with Crippen molar-refractivity contribution >= 4 is 5.91 Å². The summed E-state index contributed by atoms with van der Waals surface area (Å²) in [6.07, 6.45) is 0.777. The number of hydrogen-bond donors (Lipinski definition) is 1. The quantitative estimate of drug-likeness (QED) is 0.854. The Balaban J connectivity index is 1.71. The summed E-state index contributed by atoms with van der Waals surface area (Å²) in [5.74, 6) is 1.44. The lowest BCUT2D eigenvalue weighted by atomic mass is 10.1. The monoisotopic (exact) mass is 313 g/mol. The maximum absolute atomic E-state index is 11.8. The molecule has 0 radical (unpaired) electrons. The van der Waals surface area contributed by atoms with Gasteiger partial charge in [0.25, 0.3) is 5.91 Å². The van der Waals surface area contributed by atoms with Gasteiger partial charge >= 0.3 is 0 Å². The fourth-order valence-corrected chi connectivity index (χ4v) is 2.14. The number of aryl methyl sites for hydroxylation is 2. The zero-order valence-corrected chi connectivity index (χ0v) is 13.9. The number of nitrogens with one attached hydrogen (secondary N) is 1. The summed E-state index contributed by atoms with van der Waals surface area (Å²) >= 11 is 0. The van der Waals surface area contributed by atoms with Crippen molar-refractivity contribution in [1.29, 1.82) is 0 Å². The van der Waals surface area contributed by atoms with Gasteiger partial charge in [-0.15, -0.1) is 0 Å². The number of carbonyl (C=O) groups is 1. The summed E-state index contributed by atoms with van der Waals surface area (Å²) in [4.78, 5) is 11.8. The zero-order chi connectivity index (χ0) is 16.7. The number of amides is 1. The predicted molar refractivity (Wildman–Crippen MR) is 91.1 cm³/mol. The maximum Gasteiger partial charge on any atom is 0.257 e. The van der Waals surface area contributed by atoms with Gasteiger partial charge in [0.05, 0.1) is 7.11 Å². The molecule has 2 aromatic carbocycles. The highest BCUT2D eigenvalue weighted by atomic mass is 16.5. The largest absolute Gasteiger partial charge is 0.497 e. The van der Waals surface area contributed by atoms with Gasteiger partial charge in [-0.05, 0) is 61.2 Å². The molecular weight excluding hydrogens is 290 g/mol. The van der Waals surface area contributed by atoms with Gasteiger partial charge < -0.3 is 14.8 Å². The molecule has 0 aliphatic carbocycles. The normalized spacial score (nSPS) is 10.2. The van der Waals surface area contributed by atoms with Crippen molar-refractivity contribution in [3.8, 4) is 11.5 Å². The van der Waals surface area contributed by atoms with Gasteiger partial charge in [0.2, 0.25) is 0 Å². The third kappa shape index (κ3) is 5.33. The van der Waals surface area contributed by atoms with E-state index in [9.17, 15) is 4.79 Å². The van der Waals surface area contributed by atoms with Crippen LogP contribution in [0.2, 0.25) is 0 Å². The van der Waals surface area contributed by atoms with E-state index >= 15 is 0 Å². The van der Waals surface area contributed by atoms with Crippen molar-refractivity contribution in [2.45, 2.75) is 20.3 Å². The Labute approximate surface area is 137 Å². The van der Waals surface area contributed by atoms with Crippen LogP contribution in [-0.2, 0) is 11.2 Å². The first kappa shape index (κ1) is 16.9. The van der Waals surface area contributed by atoms with Crippen molar-refractivity contribution < 1.29 is 14.3 Å². The minimum atomic E-state index is -0.114. The van der Waals surface area contributed by atoms with Gasteiger partial charge in [-0.25, -0.2) is 0 Å². The van der Waals surface area contributed by atoms with Crippen LogP contribution < -0.4 is 14.8 Å². The first-order chi connectivity index (χ1) is 11.1. The number of ether oxygens (including phenoxy) is 2. The van der Waals surface area contributed by atoms with Gasteiger partial charge in [-0.1, -0.05) is 18.2 Å². The van der Waals surface area contributed by atoms with Gasteiger partial charge in [0, 0.05) is 6.54 Å². The Kier molecular flexibility index (Phi) is 6.03. The van der Waals surface area contributed by atoms with Crippen molar-refractivity contribution in [1.82, 2.24) is 5.32 Å². The van der Waals surface area contributed by atoms with Crippen molar-refractivity contribution in [2.24, 2.45) is 0 Å². The molecule has 0 saturated carbocycles. The third-order valence-corrected chi connectivity index (χ3v) is 3.74. The lowest BCUT2D eigenvalue weighted by Crippen LogP contribution is -2.30. The van der Waals surface area contributed by atoms with Crippen LogP contribution in [0.1, 0.15) is 16.7 Å². The molecule has 2 aromatic rings. The summed E-state index contributed by atoms with van der Waals surface area (Å²) < 4.78 is 10.6. The minimum Gasteiger partial charge on any atom is -0.497 e. The van der Waals surface area contributed by atoms with Gasteiger partial charge in [0.1, 0.15) is 11.5 Å². The molecule has 0 atom stereocenters. The molecule has 0 aromatic heterocycles.